The number of anilines is 3. The van der Waals surface area contributed by atoms with E-state index in [9.17, 15) is 4.79 Å². The monoisotopic (exact) mass is 459 g/mol. The number of thiocarbonyl (C=S) groups is 1. The summed E-state index contributed by atoms with van der Waals surface area (Å²) < 4.78 is 5.88. The number of fused-ring (bicyclic) bond motifs is 1. The zero-order valence-electron chi connectivity index (χ0n) is 16.5. The number of aromatic nitrogens is 1. The minimum atomic E-state index is -0.455. The first kappa shape index (κ1) is 20.6. The van der Waals surface area contributed by atoms with Crippen LogP contribution in [0.25, 0.3) is 15.6 Å². The molecule has 156 valence electrons. The summed E-state index contributed by atoms with van der Waals surface area (Å²) >= 11 is 7.93. The van der Waals surface area contributed by atoms with Crippen LogP contribution in [0.15, 0.2) is 36.0 Å². The van der Waals surface area contributed by atoms with Crippen LogP contribution in [0.4, 0.5) is 16.5 Å². The van der Waals surface area contributed by atoms with Gasteiger partial charge in [-0.15, -0.1) is 11.3 Å². The predicted octanol–water partition coefficient (Wildman–Crippen LogP) is 4.46. The lowest BCUT2D eigenvalue weighted by molar-refractivity contribution is -0.129. The van der Waals surface area contributed by atoms with E-state index < -0.39 is 5.97 Å². The van der Waals surface area contributed by atoms with Crippen molar-refractivity contribution in [2.24, 2.45) is 0 Å². The van der Waals surface area contributed by atoms with Crippen LogP contribution < -0.4 is 20.9 Å². The zero-order chi connectivity index (χ0) is 21.1. The number of ether oxygens (including phenoxy) is 1. The molecular formula is C20H21N5O2S3. The van der Waals surface area contributed by atoms with Gasteiger partial charge in [0.15, 0.2) is 5.13 Å². The zero-order valence-corrected chi connectivity index (χ0v) is 19.0. The third kappa shape index (κ3) is 4.55. The average Bonchev–Trinajstić information content (AvgIpc) is 3.37. The molecule has 0 saturated carbocycles. The van der Waals surface area contributed by atoms with E-state index in [2.05, 4.69) is 63.9 Å². The lowest BCUT2D eigenvalue weighted by Gasteiger charge is -2.21. The highest BCUT2D eigenvalue weighted by molar-refractivity contribution is 7.80. The van der Waals surface area contributed by atoms with Crippen molar-refractivity contribution in [3.63, 3.8) is 0 Å². The highest BCUT2D eigenvalue weighted by Gasteiger charge is 2.23. The van der Waals surface area contributed by atoms with E-state index in [1.54, 1.807) is 17.4 Å². The summed E-state index contributed by atoms with van der Waals surface area (Å²) in [4.78, 5) is 20.4. The summed E-state index contributed by atoms with van der Waals surface area (Å²) in [6.07, 6.45) is 1.73. The molecule has 1 fully saturated rings. The van der Waals surface area contributed by atoms with E-state index in [4.69, 9.17) is 17.0 Å². The number of nitrogens with zero attached hydrogens (tertiary/aromatic N) is 2. The maximum Gasteiger partial charge on any atom is 0.362 e. The molecule has 7 nitrogen and oxygen atoms in total. The second kappa shape index (κ2) is 8.99. The maximum absolute atomic E-state index is 11.6. The second-order valence-corrected chi connectivity index (χ2v) is 8.91. The summed E-state index contributed by atoms with van der Waals surface area (Å²) in [7, 11) is 0. The number of hydrogen-bond donors (Lipinski definition) is 3. The molecule has 10 heteroatoms. The highest BCUT2D eigenvalue weighted by atomic mass is 32.1. The van der Waals surface area contributed by atoms with Gasteiger partial charge in [0.25, 0.3) is 5.17 Å². The third-order valence-electron chi connectivity index (χ3n) is 4.57. The minimum Gasteiger partial charge on any atom is -0.394 e. The predicted molar refractivity (Wildman–Crippen MR) is 129 cm³/mol. The van der Waals surface area contributed by atoms with Crippen molar-refractivity contribution in [3.05, 3.63) is 40.9 Å². The molecule has 3 heterocycles. The van der Waals surface area contributed by atoms with Gasteiger partial charge < -0.3 is 25.6 Å². The fourth-order valence-electron chi connectivity index (χ4n) is 3.06. The number of hydrogen-bond acceptors (Lipinski definition) is 9. The van der Waals surface area contributed by atoms with Crippen LogP contribution in [0.2, 0.25) is 0 Å². The second-order valence-electron chi connectivity index (χ2n) is 6.45. The van der Waals surface area contributed by atoms with Crippen LogP contribution in [0.1, 0.15) is 18.7 Å². The van der Waals surface area contributed by atoms with E-state index in [-0.39, 0.29) is 5.17 Å². The summed E-state index contributed by atoms with van der Waals surface area (Å²) in [5, 5.41) is 10.4. The quantitative estimate of drug-likeness (QED) is 0.197. The van der Waals surface area contributed by atoms with Crippen LogP contribution in [0, 0.1) is 0 Å². The smallest absolute Gasteiger partial charge is 0.362 e. The lowest BCUT2D eigenvalue weighted by atomic mass is 10.2. The summed E-state index contributed by atoms with van der Waals surface area (Å²) in [5.41, 5.74) is 2.63. The normalized spacial score (nSPS) is 14.8. The van der Waals surface area contributed by atoms with Crippen LogP contribution in [-0.4, -0.2) is 35.9 Å². The minimum absolute atomic E-state index is 0.0874. The Balaban J connectivity index is 1.34. The van der Waals surface area contributed by atoms with Crippen LogP contribution in [0.5, 0.6) is 0 Å². The van der Waals surface area contributed by atoms with Gasteiger partial charge in [-0.3, -0.25) is 0 Å². The van der Waals surface area contributed by atoms with Crippen LogP contribution in [0.3, 0.4) is 0 Å². The van der Waals surface area contributed by atoms with Crippen molar-refractivity contribution in [1.29, 1.82) is 0 Å². The van der Waals surface area contributed by atoms with Gasteiger partial charge in [0.05, 0.1) is 11.4 Å². The Morgan fingerprint density at radius 2 is 1.97 bits per heavy atom. The molecule has 1 aliphatic heterocycles. The number of thiophene rings is 1. The average molecular weight is 460 g/mol. The van der Waals surface area contributed by atoms with Gasteiger partial charge in [-0.05, 0) is 62.5 Å². The van der Waals surface area contributed by atoms with Crippen molar-refractivity contribution in [2.75, 3.05) is 35.3 Å². The molecule has 1 aromatic carbocycles. The van der Waals surface area contributed by atoms with E-state index in [1.807, 2.05) is 6.07 Å². The summed E-state index contributed by atoms with van der Waals surface area (Å²) in [6.45, 7) is 6.90. The summed E-state index contributed by atoms with van der Waals surface area (Å²) in [6, 6.07) is 10.4. The molecule has 0 aliphatic carbocycles. The first-order valence-electron chi connectivity index (χ1n) is 9.53. The van der Waals surface area contributed by atoms with Gasteiger partial charge in [-0.1, -0.05) is 11.3 Å². The number of carbonyl (C=O) groups is 1. The Bertz CT molecular complexity index is 1070. The topological polar surface area (TPSA) is 78.5 Å². The Hall–Kier alpha value is -2.69. The first-order valence-corrected chi connectivity index (χ1v) is 11.6. The van der Waals surface area contributed by atoms with Gasteiger partial charge >= 0.3 is 5.97 Å². The van der Waals surface area contributed by atoms with Crippen molar-refractivity contribution in [1.82, 2.24) is 10.3 Å². The van der Waals surface area contributed by atoms with Crippen LogP contribution in [-0.2, 0) is 9.53 Å². The van der Waals surface area contributed by atoms with Crippen molar-refractivity contribution < 1.29 is 9.53 Å². The van der Waals surface area contributed by atoms with Gasteiger partial charge in [0, 0.05) is 29.3 Å². The van der Waals surface area contributed by atoms with E-state index in [0.29, 0.717) is 12.4 Å². The van der Waals surface area contributed by atoms with Crippen molar-refractivity contribution >= 4 is 78.1 Å². The maximum atomic E-state index is 11.6. The number of esters is 1. The fraction of sp³-hybridized carbons (Fsp3) is 0.250. The fourth-order valence-corrected chi connectivity index (χ4v) is 5.31. The Morgan fingerprint density at radius 3 is 2.60 bits per heavy atom. The van der Waals surface area contributed by atoms with E-state index >= 15 is 0 Å². The Labute approximate surface area is 187 Å². The highest BCUT2D eigenvalue weighted by Crippen LogP contribution is 2.34. The Morgan fingerprint density at radius 1 is 1.20 bits per heavy atom. The number of carbonyl (C=O) groups excluding carboxylic acids is 1. The first-order chi connectivity index (χ1) is 14.6. The number of nitrogens with one attached hydrogen (secondary N) is 3. The van der Waals surface area contributed by atoms with Gasteiger partial charge in [0.1, 0.15) is 10.5 Å². The number of thiazole rings is 1. The molecule has 2 aromatic heterocycles. The van der Waals surface area contributed by atoms with E-state index in [0.717, 1.165) is 38.3 Å². The molecular weight excluding hydrogens is 438 g/mol. The molecule has 1 saturated heterocycles. The van der Waals surface area contributed by atoms with Crippen molar-refractivity contribution in [3.8, 4) is 0 Å². The molecule has 0 amide bonds. The van der Waals surface area contributed by atoms with Gasteiger partial charge in [0.2, 0.25) is 0 Å². The molecule has 1 aliphatic rings. The third-order valence-corrected chi connectivity index (χ3v) is 6.82. The molecule has 3 N–H and O–H groups in total. The molecule has 0 unspecified atom stereocenters. The SMILES string of the molecule is CCN(CC)c1ccc(NCNc2nc3sc(/C=C4/NC(=S)OC4=O)cc3s2)cc1. The molecule has 4 rings (SSSR count). The van der Waals surface area contributed by atoms with Crippen LogP contribution >= 0.6 is 34.9 Å². The number of cyclic esters (lactones) is 1. The lowest BCUT2D eigenvalue weighted by Crippen LogP contribution is -2.21. The molecule has 0 radical (unpaired) electrons. The molecule has 0 atom stereocenters. The largest absolute Gasteiger partial charge is 0.394 e. The van der Waals surface area contributed by atoms with E-state index in [1.165, 1.54) is 17.0 Å². The number of rotatable bonds is 8. The Kier molecular flexibility index (Phi) is 6.16. The number of benzene rings is 1. The van der Waals surface area contributed by atoms with Gasteiger partial charge in [-0.25, -0.2) is 9.78 Å². The van der Waals surface area contributed by atoms with Crippen molar-refractivity contribution in [2.45, 2.75) is 13.8 Å². The molecule has 0 bridgehead atoms. The van der Waals surface area contributed by atoms with Gasteiger partial charge in [-0.2, -0.15) is 0 Å². The molecule has 0 spiro atoms. The standard InChI is InChI=1S/C20H21N5O2S3/c1-3-25(4-2)13-7-5-12(6-8-13)21-11-22-19-24-17-16(30-19)10-14(29-17)9-15-18(26)27-20(28)23-15/h5-10,21H,3-4,11H2,1-2H3,(H,22,24)(H,23,28)/b15-9+. The molecule has 30 heavy (non-hydrogen) atoms. The summed E-state index contributed by atoms with van der Waals surface area (Å²) in [5.74, 6) is -0.455. The molecule has 3 aromatic rings.